The third kappa shape index (κ3) is 4.10. The van der Waals surface area contributed by atoms with Crippen molar-refractivity contribution in [1.29, 1.82) is 0 Å². The molecule has 2 aromatic carbocycles. The lowest BCUT2D eigenvalue weighted by molar-refractivity contribution is 0.0943. The van der Waals surface area contributed by atoms with Gasteiger partial charge in [-0.05, 0) is 74.5 Å². The van der Waals surface area contributed by atoms with Crippen molar-refractivity contribution in [3.63, 3.8) is 0 Å². The molecule has 0 unspecified atom stereocenters. The highest BCUT2D eigenvalue weighted by Crippen LogP contribution is 2.24. The molecule has 0 aliphatic carbocycles. The minimum Gasteiger partial charge on any atom is -0.497 e. The van der Waals surface area contributed by atoms with E-state index in [0.717, 1.165) is 28.3 Å². The highest BCUT2D eigenvalue weighted by atomic mass is 16.5. The number of hydrogen-bond acceptors (Lipinski definition) is 5. The number of ether oxygens (including phenoxy) is 1. The molecule has 2 N–H and O–H groups in total. The normalized spacial score (nSPS) is 10.9. The first kappa shape index (κ1) is 19.4. The molecule has 7 heteroatoms. The molecule has 0 bridgehead atoms. The molecule has 0 saturated carbocycles. The fourth-order valence-electron chi connectivity index (χ4n) is 3.12. The van der Waals surface area contributed by atoms with Gasteiger partial charge in [-0.1, -0.05) is 6.07 Å². The Morgan fingerprint density at radius 3 is 2.40 bits per heavy atom. The zero-order valence-electron chi connectivity index (χ0n) is 17.1. The summed E-state index contributed by atoms with van der Waals surface area (Å²) in [6.07, 6.45) is 0. The Morgan fingerprint density at radius 2 is 1.73 bits per heavy atom. The summed E-state index contributed by atoms with van der Waals surface area (Å²) in [5.74, 6) is 1.19. The van der Waals surface area contributed by atoms with E-state index in [4.69, 9.17) is 4.74 Å². The molecular formula is C23H23N5O2. The van der Waals surface area contributed by atoms with E-state index in [0.29, 0.717) is 11.5 Å². The van der Waals surface area contributed by atoms with E-state index in [9.17, 15) is 4.79 Å². The van der Waals surface area contributed by atoms with Crippen molar-refractivity contribution in [2.24, 2.45) is 0 Å². The SMILES string of the molecule is COc1ccc(-c2cccc3nc(Nc4ccc(C(=O)NC(C)C)cc4)nn23)cc1. The molecule has 0 radical (unpaired) electrons. The summed E-state index contributed by atoms with van der Waals surface area (Å²) < 4.78 is 7.04. The number of hydrogen-bond donors (Lipinski definition) is 2. The molecule has 7 nitrogen and oxygen atoms in total. The lowest BCUT2D eigenvalue weighted by atomic mass is 10.1. The second-order valence-corrected chi connectivity index (χ2v) is 7.18. The maximum Gasteiger partial charge on any atom is 0.251 e. The molecule has 2 heterocycles. The summed E-state index contributed by atoms with van der Waals surface area (Å²) in [5, 5.41) is 10.7. The van der Waals surface area contributed by atoms with Crippen molar-refractivity contribution >= 4 is 23.2 Å². The van der Waals surface area contributed by atoms with Crippen LogP contribution in [-0.4, -0.2) is 33.7 Å². The minimum atomic E-state index is -0.0912. The van der Waals surface area contributed by atoms with Crippen molar-refractivity contribution in [1.82, 2.24) is 19.9 Å². The summed E-state index contributed by atoms with van der Waals surface area (Å²) in [6.45, 7) is 3.87. The summed E-state index contributed by atoms with van der Waals surface area (Å²) in [5.41, 5.74) is 4.09. The minimum absolute atomic E-state index is 0.0912. The average Bonchev–Trinajstić information content (AvgIpc) is 3.16. The molecule has 0 aliphatic rings. The summed E-state index contributed by atoms with van der Waals surface area (Å²) >= 11 is 0. The number of nitrogens with one attached hydrogen (secondary N) is 2. The predicted molar refractivity (Wildman–Crippen MR) is 117 cm³/mol. The number of methoxy groups -OCH3 is 1. The number of fused-ring (bicyclic) bond motifs is 1. The molecule has 2 aromatic heterocycles. The van der Waals surface area contributed by atoms with Crippen LogP contribution in [0.25, 0.3) is 16.9 Å². The fourth-order valence-corrected chi connectivity index (χ4v) is 3.12. The van der Waals surface area contributed by atoms with Crippen LogP contribution in [0.3, 0.4) is 0 Å². The number of carbonyl (C=O) groups excluding carboxylic acids is 1. The lowest BCUT2D eigenvalue weighted by Crippen LogP contribution is -2.29. The van der Waals surface area contributed by atoms with Gasteiger partial charge in [-0.2, -0.15) is 4.98 Å². The standard InChI is InChI=1S/C23H23N5O2/c1-15(2)24-22(29)17-7-11-18(12-8-17)25-23-26-21-6-4-5-20(28(21)27-23)16-9-13-19(30-3)14-10-16/h4-15H,1-3H3,(H,24,29)(H,25,27). The van der Waals surface area contributed by atoms with Crippen LogP contribution < -0.4 is 15.4 Å². The van der Waals surface area contributed by atoms with Crippen molar-refractivity contribution in [2.45, 2.75) is 19.9 Å². The van der Waals surface area contributed by atoms with Gasteiger partial charge < -0.3 is 15.4 Å². The quantitative estimate of drug-likeness (QED) is 0.504. The van der Waals surface area contributed by atoms with Gasteiger partial charge >= 0.3 is 0 Å². The van der Waals surface area contributed by atoms with Gasteiger partial charge in [-0.3, -0.25) is 4.79 Å². The third-order valence-electron chi connectivity index (χ3n) is 4.57. The van der Waals surface area contributed by atoms with E-state index >= 15 is 0 Å². The van der Waals surface area contributed by atoms with E-state index in [1.165, 1.54) is 0 Å². The first-order valence-electron chi connectivity index (χ1n) is 9.71. The number of rotatable bonds is 6. The van der Waals surface area contributed by atoms with Gasteiger partial charge in [-0.15, -0.1) is 5.10 Å². The van der Waals surface area contributed by atoms with Crippen LogP contribution in [0, 0.1) is 0 Å². The highest BCUT2D eigenvalue weighted by molar-refractivity contribution is 5.94. The van der Waals surface area contributed by atoms with E-state index in [1.807, 2.05) is 68.4 Å². The van der Waals surface area contributed by atoms with Crippen LogP contribution in [0.1, 0.15) is 24.2 Å². The van der Waals surface area contributed by atoms with Gasteiger partial charge in [0.2, 0.25) is 5.95 Å². The van der Waals surface area contributed by atoms with Gasteiger partial charge in [0, 0.05) is 22.9 Å². The molecule has 4 aromatic rings. The highest BCUT2D eigenvalue weighted by Gasteiger charge is 2.10. The summed E-state index contributed by atoms with van der Waals surface area (Å²) in [6, 6.07) is 21.0. The number of nitrogens with zero attached hydrogens (tertiary/aromatic N) is 3. The zero-order chi connectivity index (χ0) is 21.1. The molecular weight excluding hydrogens is 378 g/mol. The Labute approximate surface area is 174 Å². The zero-order valence-corrected chi connectivity index (χ0v) is 17.1. The Bertz CT molecular complexity index is 1160. The molecule has 4 rings (SSSR count). The molecule has 30 heavy (non-hydrogen) atoms. The fraction of sp³-hybridized carbons (Fsp3) is 0.174. The Balaban J connectivity index is 1.57. The molecule has 0 saturated heterocycles. The van der Waals surface area contributed by atoms with Crippen LogP contribution in [0.4, 0.5) is 11.6 Å². The predicted octanol–water partition coefficient (Wildman–Crippen LogP) is 4.29. The van der Waals surface area contributed by atoms with E-state index < -0.39 is 0 Å². The average molecular weight is 401 g/mol. The largest absolute Gasteiger partial charge is 0.497 e. The number of aromatic nitrogens is 3. The lowest BCUT2D eigenvalue weighted by Gasteiger charge is -2.08. The first-order valence-corrected chi connectivity index (χ1v) is 9.71. The van der Waals surface area contributed by atoms with Crippen molar-refractivity contribution in [3.8, 4) is 17.0 Å². The van der Waals surface area contributed by atoms with Gasteiger partial charge in [0.05, 0.1) is 12.8 Å². The Hall–Kier alpha value is -3.87. The summed E-state index contributed by atoms with van der Waals surface area (Å²) in [4.78, 5) is 16.6. The van der Waals surface area contributed by atoms with Crippen LogP contribution in [0.5, 0.6) is 5.75 Å². The van der Waals surface area contributed by atoms with E-state index in [-0.39, 0.29) is 11.9 Å². The van der Waals surface area contributed by atoms with Crippen LogP contribution >= 0.6 is 0 Å². The van der Waals surface area contributed by atoms with Crippen molar-refractivity contribution in [2.75, 3.05) is 12.4 Å². The van der Waals surface area contributed by atoms with Gasteiger partial charge in [0.1, 0.15) is 5.75 Å². The number of anilines is 2. The van der Waals surface area contributed by atoms with Crippen LogP contribution in [0.15, 0.2) is 66.7 Å². The van der Waals surface area contributed by atoms with Gasteiger partial charge in [0.25, 0.3) is 5.91 Å². The van der Waals surface area contributed by atoms with E-state index in [1.54, 1.807) is 23.8 Å². The van der Waals surface area contributed by atoms with Crippen molar-refractivity contribution in [3.05, 3.63) is 72.3 Å². The topological polar surface area (TPSA) is 80.5 Å². The Morgan fingerprint density at radius 1 is 1.00 bits per heavy atom. The second-order valence-electron chi connectivity index (χ2n) is 7.18. The van der Waals surface area contributed by atoms with Gasteiger partial charge in [-0.25, -0.2) is 4.52 Å². The summed E-state index contributed by atoms with van der Waals surface area (Å²) in [7, 11) is 1.65. The van der Waals surface area contributed by atoms with Crippen LogP contribution in [0.2, 0.25) is 0 Å². The molecule has 1 amide bonds. The van der Waals surface area contributed by atoms with Crippen molar-refractivity contribution < 1.29 is 9.53 Å². The number of carbonyl (C=O) groups is 1. The smallest absolute Gasteiger partial charge is 0.251 e. The molecule has 0 spiro atoms. The monoisotopic (exact) mass is 401 g/mol. The molecule has 0 atom stereocenters. The number of amides is 1. The first-order chi connectivity index (χ1) is 14.5. The maximum atomic E-state index is 12.1. The number of pyridine rings is 1. The molecule has 152 valence electrons. The second kappa shape index (κ2) is 8.24. The maximum absolute atomic E-state index is 12.1. The Kier molecular flexibility index (Phi) is 5.34. The third-order valence-corrected chi connectivity index (χ3v) is 4.57. The number of benzene rings is 2. The molecule has 0 aliphatic heterocycles. The van der Waals surface area contributed by atoms with Gasteiger partial charge in [0.15, 0.2) is 5.65 Å². The van der Waals surface area contributed by atoms with Crippen LogP contribution in [-0.2, 0) is 0 Å². The van der Waals surface area contributed by atoms with E-state index in [2.05, 4.69) is 20.7 Å². The molecule has 0 fully saturated rings.